The first-order valence-electron chi connectivity index (χ1n) is 3.99. The number of alkyl halides is 2. The van der Waals surface area contributed by atoms with Gasteiger partial charge in [0.2, 0.25) is 0 Å². The Hall–Kier alpha value is -1.85. The predicted molar refractivity (Wildman–Crippen MR) is 48.1 cm³/mol. The highest BCUT2D eigenvalue weighted by Crippen LogP contribution is 2.35. The summed E-state index contributed by atoms with van der Waals surface area (Å²) in [7, 11) is 0. The van der Waals surface area contributed by atoms with Crippen LogP contribution in [-0.2, 0) is 5.92 Å². The average molecular weight is 215 g/mol. The van der Waals surface area contributed by atoms with Crippen LogP contribution in [0, 0.1) is 10.1 Å². The van der Waals surface area contributed by atoms with E-state index in [0.717, 1.165) is 12.1 Å². The maximum atomic E-state index is 13.0. The standard InChI is InChI=1S/C9H7F2NO3/c1-9(10,11)7-4-2-3-6(5-13)8(7)12(14)15/h2-5H,1H3. The van der Waals surface area contributed by atoms with Crippen molar-refractivity contribution in [2.45, 2.75) is 12.8 Å². The van der Waals surface area contributed by atoms with Gasteiger partial charge in [-0.25, -0.2) is 8.78 Å². The summed E-state index contributed by atoms with van der Waals surface area (Å²) < 4.78 is 25.9. The summed E-state index contributed by atoms with van der Waals surface area (Å²) in [6, 6.07) is 3.25. The lowest BCUT2D eigenvalue weighted by Crippen LogP contribution is -2.11. The summed E-state index contributed by atoms with van der Waals surface area (Å²) in [5.74, 6) is -3.35. The van der Waals surface area contributed by atoms with Gasteiger partial charge in [-0.1, -0.05) is 6.07 Å². The molecule has 1 aromatic rings. The largest absolute Gasteiger partial charge is 0.298 e. The van der Waals surface area contributed by atoms with Crippen LogP contribution in [0.4, 0.5) is 14.5 Å². The Morgan fingerprint density at radius 3 is 2.47 bits per heavy atom. The van der Waals surface area contributed by atoms with Crippen molar-refractivity contribution in [2.24, 2.45) is 0 Å². The highest BCUT2D eigenvalue weighted by atomic mass is 19.3. The Balaban J connectivity index is 3.52. The number of aldehydes is 1. The minimum absolute atomic E-state index is 0.188. The van der Waals surface area contributed by atoms with Crippen molar-refractivity contribution in [1.29, 1.82) is 0 Å². The maximum Gasteiger partial charge on any atom is 0.289 e. The van der Waals surface area contributed by atoms with Crippen LogP contribution in [0.5, 0.6) is 0 Å². The molecule has 6 heteroatoms. The molecule has 15 heavy (non-hydrogen) atoms. The number of carbonyl (C=O) groups excluding carboxylic acids is 1. The van der Waals surface area contributed by atoms with E-state index in [-0.39, 0.29) is 11.8 Å². The quantitative estimate of drug-likeness (QED) is 0.442. The summed E-state index contributed by atoms with van der Waals surface area (Å²) in [4.78, 5) is 20.0. The molecule has 0 unspecified atom stereocenters. The van der Waals surface area contributed by atoms with Crippen LogP contribution in [0.3, 0.4) is 0 Å². The smallest absolute Gasteiger partial charge is 0.289 e. The molecule has 1 rings (SSSR count). The predicted octanol–water partition coefficient (Wildman–Crippen LogP) is 2.52. The van der Waals surface area contributed by atoms with Crippen molar-refractivity contribution in [1.82, 2.24) is 0 Å². The fraction of sp³-hybridized carbons (Fsp3) is 0.222. The molecule has 0 radical (unpaired) electrons. The third-order valence-corrected chi connectivity index (χ3v) is 1.85. The molecule has 0 aliphatic carbocycles. The Bertz CT molecular complexity index is 412. The lowest BCUT2D eigenvalue weighted by molar-refractivity contribution is -0.387. The van der Waals surface area contributed by atoms with E-state index in [1.54, 1.807) is 0 Å². The molecule has 0 saturated heterocycles. The highest BCUT2D eigenvalue weighted by molar-refractivity contribution is 5.82. The molecule has 0 spiro atoms. The molecule has 0 bridgehead atoms. The van der Waals surface area contributed by atoms with Gasteiger partial charge in [0.05, 0.1) is 16.1 Å². The van der Waals surface area contributed by atoms with Gasteiger partial charge in [0, 0.05) is 6.92 Å². The number of nitrogens with zero attached hydrogens (tertiary/aromatic N) is 1. The molecule has 0 atom stereocenters. The molecule has 0 aliphatic rings. The van der Waals surface area contributed by atoms with Gasteiger partial charge in [0.25, 0.3) is 11.6 Å². The van der Waals surface area contributed by atoms with E-state index in [2.05, 4.69) is 0 Å². The van der Waals surface area contributed by atoms with E-state index in [1.807, 2.05) is 0 Å². The third-order valence-electron chi connectivity index (χ3n) is 1.85. The van der Waals surface area contributed by atoms with Gasteiger partial charge in [0.1, 0.15) is 0 Å². The Labute approximate surface area is 83.7 Å². The number of rotatable bonds is 3. The lowest BCUT2D eigenvalue weighted by Gasteiger charge is -2.11. The molecule has 1 aromatic carbocycles. The van der Waals surface area contributed by atoms with Gasteiger partial charge in [-0.05, 0) is 12.1 Å². The number of para-hydroxylation sites is 1. The number of hydrogen-bond acceptors (Lipinski definition) is 3. The van der Waals surface area contributed by atoms with Crippen LogP contribution in [0.25, 0.3) is 0 Å². The fourth-order valence-electron chi connectivity index (χ4n) is 1.21. The SMILES string of the molecule is CC(F)(F)c1cccc(C=O)c1[N+](=O)[O-]. The molecule has 0 amide bonds. The number of nitro benzene ring substituents is 1. The molecule has 80 valence electrons. The number of carbonyl (C=O) groups is 1. The van der Waals surface area contributed by atoms with E-state index >= 15 is 0 Å². The van der Waals surface area contributed by atoms with Crippen LogP contribution in [0.1, 0.15) is 22.8 Å². The molecule has 0 aliphatic heterocycles. The monoisotopic (exact) mass is 215 g/mol. The molecule has 0 aromatic heterocycles. The van der Waals surface area contributed by atoms with Crippen LogP contribution in [-0.4, -0.2) is 11.2 Å². The second-order valence-corrected chi connectivity index (χ2v) is 3.01. The summed E-state index contributed by atoms with van der Waals surface area (Å²) in [5.41, 5.74) is -1.93. The molecular weight excluding hydrogens is 208 g/mol. The van der Waals surface area contributed by atoms with E-state index in [4.69, 9.17) is 0 Å². The van der Waals surface area contributed by atoms with E-state index in [1.165, 1.54) is 6.07 Å². The van der Waals surface area contributed by atoms with E-state index < -0.39 is 22.1 Å². The van der Waals surface area contributed by atoms with Crippen LogP contribution in [0.15, 0.2) is 18.2 Å². The zero-order valence-electron chi connectivity index (χ0n) is 7.74. The third kappa shape index (κ3) is 2.15. The minimum atomic E-state index is -3.35. The first kappa shape index (κ1) is 11.2. The van der Waals surface area contributed by atoms with Gasteiger partial charge in [-0.3, -0.25) is 14.9 Å². The second kappa shape index (κ2) is 3.72. The Morgan fingerprint density at radius 1 is 1.47 bits per heavy atom. The van der Waals surface area contributed by atoms with Gasteiger partial charge in [-0.2, -0.15) is 0 Å². The number of hydrogen-bond donors (Lipinski definition) is 0. The average Bonchev–Trinajstić information content (AvgIpc) is 2.15. The van der Waals surface area contributed by atoms with Crippen LogP contribution >= 0.6 is 0 Å². The number of benzene rings is 1. The summed E-state index contributed by atoms with van der Waals surface area (Å²) in [6.07, 6.45) is 0.188. The van der Waals surface area contributed by atoms with Crippen LogP contribution in [0.2, 0.25) is 0 Å². The van der Waals surface area contributed by atoms with Crippen molar-refractivity contribution in [3.05, 3.63) is 39.4 Å². The summed E-state index contributed by atoms with van der Waals surface area (Å²) in [6.45, 7) is 0.546. The summed E-state index contributed by atoms with van der Waals surface area (Å²) in [5, 5.41) is 10.6. The molecule has 0 fully saturated rings. The number of halogens is 2. The van der Waals surface area contributed by atoms with Crippen molar-refractivity contribution in [2.75, 3.05) is 0 Å². The molecule has 0 saturated carbocycles. The first-order chi connectivity index (χ1) is 6.88. The topological polar surface area (TPSA) is 60.2 Å². The van der Waals surface area contributed by atoms with Crippen LogP contribution < -0.4 is 0 Å². The highest BCUT2D eigenvalue weighted by Gasteiger charge is 2.34. The molecule has 0 heterocycles. The van der Waals surface area contributed by atoms with E-state index in [0.29, 0.717) is 6.92 Å². The normalized spacial score (nSPS) is 11.1. The molecular formula is C9H7F2NO3. The van der Waals surface area contributed by atoms with Gasteiger partial charge >= 0.3 is 0 Å². The van der Waals surface area contributed by atoms with Gasteiger partial charge in [-0.15, -0.1) is 0 Å². The van der Waals surface area contributed by atoms with Crippen molar-refractivity contribution in [3.63, 3.8) is 0 Å². The number of nitro groups is 1. The second-order valence-electron chi connectivity index (χ2n) is 3.01. The van der Waals surface area contributed by atoms with Crippen molar-refractivity contribution >= 4 is 12.0 Å². The fourth-order valence-corrected chi connectivity index (χ4v) is 1.21. The lowest BCUT2D eigenvalue weighted by atomic mass is 10.0. The first-order valence-corrected chi connectivity index (χ1v) is 3.99. The zero-order valence-corrected chi connectivity index (χ0v) is 7.74. The minimum Gasteiger partial charge on any atom is -0.298 e. The molecule has 0 N–H and O–H groups in total. The van der Waals surface area contributed by atoms with Crippen molar-refractivity contribution < 1.29 is 18.5 Å². The summed E-state index contributed by atoms with van der Waals surface area (Å²) >= 11 is 0. The molecule has 4 nitrogen and oxygen atoms in total. The maximum absolute atomic E-state index is 13.0. The Kier molecular flexibility index (Phi) is 2.78. The van der Waals surface area contributed by atoms with E-state index in [9.17, 15) is 23.7 Å². The Morgan fingerprint density at radius 2 is 2.07 bits per heavy atom. The van der Waals surface area contributed by atoms with Gasteiger partial charge < -0.3 is 0 Å². The van der Waals surface area contributed by atoms with Crippen molar-refractivity contribution in [3.8, 4) is 0 Å². The van der Waals surface area contributed by atoms with Gasteiger partial charge in [0.15, 0.2) is 6.29 Å². The zero-order chi connectivity index (χ0) is 11.6.